The van der Waals surface area contributed by atoms with Gasteiger partial charge in [-0.3, -0.25) is 0 Å². The minimum absolute atomic E-state index is 0.0596. The Labute approximate surface area is 172 Å². The molecular weight excluding hydrogens is 404 g/mol. The molecule has 0 aliphatic carbocycles. The van der Waals surface area contributed by atoms with E-state index in [2.05, 4.69) is 5.32 Å². The van der Waals surface area contributed by atoms with E-state index in [0.29, 0.717) is 32.9 Å². The maximum Gasteiger partial charge on any atom is 0.131 e. The third-order valence-electron chi connectivity index (χ3n) is 3.93. The lowest BCUT2D eigenvalue weighted by Gasteiger charge is -2.11. The summed E-state index contributed by atoms with van der Waals surface area (Å²) in [5.74, 6) is 0.227. The van der Waals surface area contributed by atoms with Crippen LogP contribution in [0.15, 0.2) is 66.7 Å². The second kappa shape index (κ2) is 9.18. The summed E-state index contributed by atoms with van der Waals surface area (Å²) < 4.78 is 19.4. The summed E-state index contributed by atoms with van der Waals surface area (Å²) in [6.45, 7) is 0.671. The molecule has 3 aromatic rings. The number of benzene rings is 3. The molecule has 0 amide bonds. The summed E-state index contributed by atoms with van der Waals surface area (Å²) in [6, 6.07) is 19.4. The van der Waals surface area contributed by atoms with E-state index < -0.39 is 0 Å². The van der Waals surface area contributed by atoms with Crippen molar-refractivity contribution < 1.29 is 9.13 Å². The summed E-state index contributed by atoms with van der Waals surface area (Å²) in [5, 5.41) is 4.26. The normalized spacial score (nSPS) is 10.5. The zero-order valence-corrected chi connectivity index (χ0v) is 16.5. The molecule has 0 fully saturated rings. The van der Waals surface area contributed by atoms with Gasteiger partial charge in [0.2, 0.25) is 0 Å². The first-order valence-electron chi connectivity index (χ1n) is 8.21. The molecule has 0 aliphatic rings. The van der Waals surface area contributed by atoms with Crippen LogP contribution in [0.4, 0.5) is 4.39 Å². The van der Waals surface area contributed by atoms with E-state index in [1.807, 2.05) is 36.4 Å². The molecule has 0 saturated carbocycles. The highest BCUT2D eigenvalue weighted by Crippen LogP contribution is 2.22. The van der Waals surface area contributed by atoms with Crippen LogP contribution in [-0.4, -0.2) is 4.99 Å². The van der Waals surface area contributed by atoms with Crippen molar-refractivity contribution in [2.24, 2.45) is 0 Å². The monoisotopic (exact) mass is 419 g/mol. The molecule has 27 heavy (non-hydrogen) atoms. The van der Waals surface area contributed by atoms with Crippen LogP contribution in [0.1, 0.15) is 16.7 Å². The van der Waals surface area contributed by atoms with Crippen LogP contribution in [0.3, 0.4) is 0 Å². The summed E-state index contributed by atoms with van der Waals surface area (Å²) in [5.41, 5.74) is 2.29. The number of ether oxygens (including phenoxy) is 1. The highest BCUT2D eigenvalue weighted by atomic mass is 35.5. The van der Waals surface area contributed by atoms with E-state index in [1.165, 1.54) is 6.07 Å². The van der Waals surface area contributed by atoms with Crippen molar-refractivity contribution >= 4 is 40.4 Å². The molecule has 2 nitrogen and oxygen atoms in total. The smallest absolute Gasteiger partial charge is 0.131 e. The minimum atomic E-state index is -0.383. The van der Waals surface area contributed by atoms with Gasteiger partial charge in [0, 0.05) is 22.7 Å². The number of thiocarbonyl (C=S) groups is 1. The largest absolute Gasteiger partial charge is 0.489 e. The Kier molecular flexibility index (Phi) is 6.67. The van der Waals surface area contributed by atoms with Crippen LogP contribution in [0.25, 0.3) is 0 Å². The topological polar surface area (TPSA) is 21.3 Å². The van der Waals surface area contributed by atoms with Crippen molar-refractivity contribution in [2.45, 2.75) is 13.2 Å². The lowest BCUT2D eigenvalue weighted by molar-refractivity contribution is 0.300. The lowest BCUT2D eigenvalue weighted by Crippen LogP contribution is -2.21. The van der Waals surface area contributed by atoms with Crippen LogP contribution in [0, 0.1) is 5.82 Å². The predicted octanol–water partition coefficient (Wildman–Crippen LogP) is 6.18. The lowest BCUT2D eigenvalue weighted by atomic mass is 10.2. The van der Waals surface area contributed by atoms with Crippen molar-refractivity contribution in [3.8, 4) is 5.75 Å². The molecular formula is C21H16Cl2FNOS. The molecule has 0 saturated heterocycles. The Morgan fingerprint density at radius 1 is 0.963 bits per heavy atom. The third kappa shape index (κ3) is 5.42. The number of rotatable bonds is 6. The summed E-state index contributed by atoms with van der Waals surface area (Å²) >= 11 is 17.3. The molecule has 0 aliphatic heterocycles. The molecule has 0 aromatic heterocycles. The van der Waals surface area contributed by atoms with Crippen molar-refractivity contribution in [3.63, 3.8) is 0 Å². The fourth-order valence-electron chi connectivity index (χ4n) is 2.41. The van der Waals surface area contributed by atoms with Gasteiger partial charge in [0.05, 0.1) is 5.02 Å². The molecule has 138 valence electrons. The average Bonchev–Trinajstić information content (AvgIpc) is 2.67. The summed E-state index contributed by atoms with van der Waals surface area (Å²) in [6.07, 6.45) is 0. The summed E-state index contributed by atoms with van der Waals surface area (Å²) in [4.78, 5) is 0.633. The van der Waals surface area contributed by atoms with E-state index in [9.17, 15) is 4.39 Å². The zero-order valence-electron chi connectivity index (χ0n) is 14.2. The summed E-state index contributed by atoms with van der Waals surface area (Å²) in [7, 11) is 0. The van der Waals surface area contributed by atoms with Gasteiger partial charge in [0.1, 0.15) is 23.2 Å². The predicted molar refractivity (Wildman–Crippen MR) is 112 cm³/mol. The quantitative estimate of drug-likeness (QED) is 0.482. The Morgan fingerprint density at radius 3 is 2.33 bits per heavy atom. The highest BCUT2D eigenvalue weighted by Gasteiger charge is 2.08. The van der Waals surface area contributed by atoms with E-state index in [-0.39, 0.29) is 12.4 Å². The zero-order chi connectivity index (χ0) is 19.2. The first kappa shape index (κ1) is 19.6. The molecule has 1 N–H and O–H groups in total. The number of halogens is 3. The minimum Gasteiger partial charge on any atom is -0.489 e. The van der Waals surface area contributed by atoms with Crippen LogP contribution < -0.4 is 10.1 Å². The Hall–Kier alpha value is -2.14. The van der Waals surface area contributed by atoms with Gasteiger partial charge in [0.25, 0.3) is 0 Å². The van der Waals surface area contributed by atoms with Crippen molar-refractivity contribution in [3.05, 3.63) is 99.3 Å². The Morgan fingerprint density at radius 2 is 1.67 bits per heavy atom. The Balaban J connectivity index is 1.56. The van der Waals surface area contributed by atoms with E-state index in [4.69, 9.17) is 40.2 Å². The first-order valence-corrected chi connectivity index (χ1v) is 9.38. The van der Waals surface area contributed by atoms with E-state index >= 15 is 0 Å². The number of hydrogen-bond donors (Lipinski definition) is 1. The SMILES string of the molecule is Fc1cccc(Cl)c1COc1ccc(C(=S)NCc2ccc(Cl)cc2)cc1. The highest BCUT2D eigenvalue weighted by molar-refractivity contribution is 7.80. The second-order valence-corrected chi connectivity index (χ2v) is 7.07. The van der Waals surface area contributed by atoms with Gasteiger partial charge in [0.15, 0.2) is 0 Å². The van der Waals surface area contributed by atoms with Crippen LogP contribution in [-0.2, 0) is 13.2 Å². The fourth-order valence-corrected chi connectivity index (χ4v) is 2.97. The number of nitrogens with one attached hydrogen (secondary N) is 1. The molecule has 0 bridgehead atoms. The molecule has 0 unspecified atom stereocenters. The van der Waals surface area contributed by atoms with Gasteiger partial charge in [-0.1, -0.05) is 53.6 Å². The number of hydrogen-bond acceptors (Lipinski definition) is 2. The maximum absolute atomic E-state index is 13.8. The molecule has 0 spiro atoms. The van der Waals surface area contributed by atoms with Gasteiger partial charge in [-0.05, 0) is 54.1 Å². The first-order chi connectivity index (χ1) is 13.0. The molecule has 3 aromatic carbocycles. The van der Waals surface area contributed by atoms with Gasteiger partial charge in [-0.25, -0.2) is 4.39 Å². The van der Waals surface area contributed by atoms with Gasteiger partial charge < -0.3 is 10.1 Å². The maximum atomic E-state index is 13.8. The fraction of sp³-hybridized carbons (Fsp3) is 0.0952. The van der Waals surface area contributed by atoms with E-state index in [0.717, 1.165) is 11.1 Å². The second-order valence-electron chi connectivity index (χ2n) is 5.82. The van der Waals surface area contributed by atoms with Crippen LogP contribution >= 0.6 is 35.4 Å². The molecule has 0 heterocycles. The Bertz CT molecular complexity index is 910. The molecule has 0 atom stereocenters. The van der Waals surface area contributed by atoms with Gasteiger partial charge in [-0.2, -0.15) is 0 Å². The molecule has 0 radical (unpaired) electrons. The van der Waals surface area contributed by atoms with Crippen molar-refractivity contribution in [2.75, 3.05) is 0 Å². The van der Waals surface area contributed by atoms with Crippen LogP contribution in [0.5, 0.6) is 5.75 Å². The van der Waals surface area contributed by atoms with Gasteiger partial charge in [-0.15, -0.1) is 0 Å². The third-order valence-corrected chi connectivity index (χ3v) is 4.91. The standard InChI is InChI=1S/C21H16Cl2FNOS/c22-16-8-4-14(5-9-16)12-25-21(27)15-6-10-17(11-7-15)26-13-18-19(23)2-1-3-20(18)24/h1-11H,12-13H2,(H,25,27). The molecule has 6 heteroatoms. The average molecular weight is 420 g/mol. The van der Waals surface area contributed by atoms with Crippen LogP contribution in [0.2, 0.25) is 10.0 Å². The van der Waals surface area contributed by atoms with Gasteiger partial charge >= 0.3 is 0 Å². The van der Waals surface area contributed by atoms with Crippen molar-refractivity contribution in [1.82, 2.24) is 5.32 Å². The van der Waals surface area contributed by atoms with Crippen molar-refractivity contribution in [1.29, 1.82) is 0 Å². The molecule has 3 rings (SSSR count). The van der Waals surface area contributed by atoms with E-state index in [1.54, 1.807) is 24.3 Å².